The van der Waals surface area contributed by atoms with E-state index in [1.165, 1.54) is 25.6 Å². The van der Waals surface area contributed by atoms with Crippen LogP contribution >= 0.6 is 11.3 Å². The maximum absolute atomic E-state index is 5.10. The summed E-state index contributed by atoms with van der Waals surface area (Å²) in [6.07, 6.45) is 2.05. The third kappa shape index (κ3) is 4.16. The molecule has 0 aliphatic rings. The van der Waals surface area contributed by atoms with Gasteiger partial charge in [0.05, 0.1) is 21.3 Å². The van der Waals surface area contributed by atoms with Gasteiger partial charge in [-0.05, 0) is 30.3 Å². The van der Waals surface area contributed by atoms with Crippen molar-refractivity contribution in [3.8, 4) is 39.9 Å². The van der Waals surface area contributed by atoms with Gasteiger partial charge in [0.2, 0.25) is 0 Å². The molecule has 10 aromatic rings. The molecular formula is C42H25N5S. The molecule has 0 N–H and O–H groups in total. The molecular weight excluding hydrogens is 607 g/mol. The summed E-state index contributed by atoms with van der Waals surface area (Å²) in [5, 5.41) is 5.95. The molecule has 4 aromatic heterocycles. The first-order valence-corrected chi connectivity index (χ1v) is 16.7. The molecule has 10 rings (SSSR count). The highest BCUT2D eigenvalue weighted by Crippen LogP contribution is 2.42. The number of aromatic nitrogens is 5. The van der Waals surface area contributed by atoms with Gasteiger partial charge in [0.15, 0.2) is 17.5 Å². The Morgan fingerprint density at radius 1 is 0.458 bits per heavy atom. The SMILES string of the molecule is c1ccc(-c2nc(-c3ccccc3)nc(-c3cccc(-n4c5ccccc5c5cnc6c(ccc7c8ccccc8sc76)c54)c3)n2)cc1. The van der Waals surface area contributed by atoms with Crippen molar-refractivity contribution in [2.24, 2.45) is 0 Å². The van der Waals surface area contributed by atoms with Crippen molar-refractivity contribution in [1.29, 1.82) is 0 Å². The van der Waals surface area contributed by atoms with Crippen molar-refractivity contribution in [1.82, 2.24) is 24.5 Å². The van der Waals surface area contributed by atoms with Crippen molar-refractivity contribution in [2.75, 3.05) is 0 Å². The first-order chi connectivity index (χ1) is 23.8. The Balaban J connectivity index is 1.23. The van der Waals surface area contributed by atoms with E-state index in [1.807, 2.05) is 72.0 Å². The Hall–Kier alpha value is -6.24. The largest absolute Gasteiger partial charge is 0.308 e. The Labute approximate surface area is 279 Å². The van der Waals surface area contributed by atoms with Crippen LogP contribution in [0.15, 0.2) is 152 Å². The van der Waals surface area contributed by atoms with Crippen LogP contribution in [0.4, 0.5) is 0 Å². The lowest BCUT2D eigenvalue weighted by Gasteiger charge is -2.12. The van der Waals surface area contributed by atoms with Gasteiger partial charge in [-0.3, -0.25) is 4.98 Å². The molecule has 48 heavy (non-hydrogen) atoms. The van der Waals surface area contributed by atoms with Gasteiger partial charge in [-0.2, -0.15) is 0 Å². The third-order valence-corrected chi connectivity index (χ3v) is 10.3. The Bertz CT molecular complexity index is 2780. The summed E-state index contributed by atoms with van der Waals surface area (Å²) in [6, 6.07) is 50.4. The molecule has 0 unspecified atom stereocenters. The highest BCUT2D eigenvalue weighted by atomic mass is 32.1. The van der Waals surface area contributed by atoms with Crippen LogP contribution in [-0.4, -0.2) is 24.5 Å². The molecule has 4 heterocycles. The number of nitrogens with zero attached hydrogens (tertiary/aromatic N) is 5. The second kappa shape index (κ2) is 10.7. The molecule has 0 radical (unpaired) electrons. The maximum Gasteiger partial charge on any atom is 0.164 e. The Kier molecular flexibility index (Phi) is 5.98. The highest BCUT2D eigenvalue weighted by molar-refractivity contribution is 7.26. The molecule has 0 spiro atoms. The van der Waals surface area contributed by atoms with Crippen LogP contribution in [0.1, 0.15) is 0 Å². The summed E-state index contributed by atoms with van der Waals surface area (Å²) in [5.74, 6) is 1.92. The average molecular weight is 632 g/mol. The minimum absolute atomic E-state index is 0.629. The van der Waals surface area contributed by atoms with Crippen molar-refractivity contribution in [3.05, 3.63) is 152 Å². The fraction of sp³-hybridized carbons (Fsp3) is 0. The van der Waals surface area contributed by atoms with Crippen LogP contribution in [0.2, 0.25) is 0 Å². The Morgan fingerprint density at radius 3 is 1.81 bits per heavy atom. The molecule has 0 aliphatic carbocycles. The van der Waals surface area contributed by atoms with E-state index < -0.39 is 0 Å². The van der Waals surface area contributed by atoms with Gasteiger partial charge in [-0.15, -0.1) is 11.3 Å². The smallest absolute Gasteiger partial charge is 0.164 e. The molecule has 5 nitrogen and oxygen atoms in total. The number of para-hydroxylation sites is 1. The van der Waals surface area contributed by atoms with Crippen molar-refractivity contribution in [3.63, 3.8) is 0 Å². The summed E-state index contributed by atoms with van der Waals surface area (Å²) in [4.78, 5) is 20.0. The molecule has 0 bridgehead atoms. The van der Waals surface area contributed by atoms with Gasteiger partial charge in [0, 0.05) is 60.2 Å². The molecule has 0 aliphatic heterocycles. The van der Waals surface area contributed by atoms with E-state index in [0.717, 1.165) is 49.7 Å². The van der Waals surface area contributed by atoms with Crippen LogP contribution in [-0.2, 0) is 0 Å². The summed E-state index contributed by atoms with van der Waals surface area (Å²) >= 11 is 1.81. The summed E-state index contributed by atoms with van der Waals surface area (Å²) in [7, 11) is 0. The lowest BCUT2D eigenvalue weighted by atomic mass is 10.1. The number of benzene rings is 6. The first-order valence-electron chi connectivity index (χ1n) is 15.9. The molecule has 6 heteroatoms. The number of hydrogen-bond donors (Lipinski definition) is 0. The highest BCUT2D eigenvalue weighted by Gasteiger charge is 2.19. The van der Waals surface area contributed by atoms with Gasteiger partial charge < -0.3 is 4.57 Å². The molecule has 0 fully saturated rings. The third-order valence-electron chi connectivity index (χ3n) is 9.07. The zero-order valence-corrected chi connectivity index (χ0v) is 26.4. The molecule has 6 aromatic carbocycles. The van der Waals surface area contributed by atoms with Crippen LogP contribution in [0.3, 0.4) is 0 Å². The number of thiophene rings is 1. The molecule has 0 atom stereocenters. The van der Waals surface area contributed by atoms with Gasteiger partial charge in [-0.1, -0.05) is 115 Å². The fourth-order valence-corrected chi connectivity index (χ4v) is 8.08. The van der Waals surface area contributed by atoms with Crippen molar-refractivity contribution < 1.29 is 0 Å². The zero-order valence-electron chi connectivity index (χ0n) is 25.6. The Morgan fingerprint density at radius 2 is 1.06 bits per heavy atom. The van der Waals surface area contributed by atoms with Gasteiger partial charge in [0.25, 0.3) is 0 Å². The summed E-state index contributed by atoms with van der Waals surface area (Å²) in [6.45, 7) is 0. The zero-order chi connectivity index (χ0) is 31.6. The van der Waals surface area contributed by atoms with E-state index in [9.17, 15) is 0 Å². The lowest BCUT2D eigenvalue weighted by Crippen LogP contribution is -2.01. The predicted molar refractivity (Wildman–Crippen MR) is 199 cm³/mol. The van der Waals surface area contributed by atoms with E-state index in [2.05, 4.69) is 95.7 Å². The molecule has 0 saturated heterocycles. The van der Waals surface area contributed by atoms with Crippen LogP contribution in [0, 0.1) is 0 Å². The second-order valence-electron chi connectivity index (χ2n) is 11.9. The van der Waals surface area contributed by atoms with Crippen LogP contribution in [0.25, 0.3) is 92.7 Å². The van der Waals surface area contributed by atoms with E-state index in [4.69, 9.17) is 19.9 Å². The lowest BCUT2D eigenvalue weighted by molar-refractivity contribution is 1.07. The predicted octanol–water partition coefficient (Wildman–Crippen LogP) is 10.9. The quantitative estimate of drug-likeness (QED) is 0.194. The number of fused-ring (bicyclic) bond motifs is 9. The van der Waals surface area contributed by atoms with Crippen molar-refractivity contribution in [2.45, 2.75) is 0 Å². The van der Waals surface area contributed by atoms with E-state index in [1.54, 1.807) is 0 Å². The van der Waals surface area contributed by atoms with Crippen molar-refractivity contribution >= 4 is 64.2 Å². The van der Waals surface area contributed by atoms with E-state index in [0.29, 0.717) is 17.5 Å². The standard InChI is InChI=1S/C42H25N5S/c1-3-12-26(13-4-1)40-44-41(27-14-5-2-6-15-27)46-42(45-40)28-16-11-17-29(24-28)47-35-20-9-7-18-30(35)34-25-43-37-33(38(34)47)23-22-32-31-19-8-10-21-36(31)48-39(32)37/h1-25H. The van der Waals surface area contributed by atoms with Gasteiger partial charge in [0.1, 0.15) is 0 Å². The summed E-state index contributed by atoms with van der Waals surface area (Å²) < 4.78 is 4.86. The first kappa shape index (κ1) is 26.9. The number of rotatable bonds is 4. The van der Waals surface area contributed by atoms with Gasteiger partial charge >= 0.3 is 0 Å². The van der Waals surface area contributed by atoms with E-state index in [-0.39, 0.29) is 0 Å². The topological polar surface area (TPSA) is 56.5 Å². The average Bonchev–Trinajstić information content (AvgIpc) is 3.72. The monoisotopic (exact) mass is 631 g/mol. The second-order valence-corrected chi connectivity index (χ2v) is 13.0. The molecule has 0 amide bonds. The normalized spacial score (nSPS) is 11.8. The minimum Gasteiger partial charge on any atom is -0.308 e. The maximum atomic E-state index is 5.10. The number of hydrogen-bond acceptors (Lipinski definition) is 5. The molecule has 0 saturated carbocycles. The van der Waals surface area contributed by atoms with Crippen LogP contribution in [0.5, 0.6) is 0 Å². The number of pyridine rings is 1. The van der Waals surface area contributed by atoms with E-state index >= 15 is 0 Å². The van der Waals surface area contributed by atoms with Crippen LogP contribution < -0.4 is 0 Å². The molecule has 224 valence electrons. The minimum atomic E-state index is 0.629. The van der Waals surface area contributed by atoms with Gasteiger partial charge in [-0.25, -0.2) is 15.0 Å². The fourth-order valence-electron chi connectivity index (χ4n) is 6.87. The summed E-state index contributed by atoms with van der Waals surface area (Å²) in [5.41, 5.74) is 7.14.